The van der Waals surface area contributed by atoms with Gasteiger partial charge in [-0.25, -0.2) is 13.6 Å². The summed E-state index contributed by atoms with van der Waals surface area (Å²) in [5.41, 5.74) is 0.394. The SMILES string of the molecule is NS(=O)(=O)c1ccccc1-c1cc2c(cc1-c1cccc(C(F)(F)F)c1)OCO2. The number of fused-ring (bicyclic) bond motifs is 1. The molecule has 0 aromatic heterocycles. The van der Waals surface area contributed by atoms with Crippen molar-refractivity contribution in [3.63, 3.8) is 0 Å². The Hall–Kier alpha value is -3.04. The summed E-state index contributed by atoms with van der Waals surface area (Å²) in [5, 5.41) is 5.35. The number of hydrogen-bond donors (Lipinski definition) is 1. The number of ether oxygens (including phenoxy) is 2. The number of rotatable bonds is 3. The molecule has 3 aromatic rings. The Morgan fingerprint density at radius 3 is 2.14 bits per heavy atom. The molecule has 1 aliphatic heterocycles. The van der Waals surface area contributed by atoms with Crippen LogP contribution in [0.15, 0.2) is 65.6 Å². The Kier molecular flexibility index (Phi) is 4.51. The van der Waals surface area contributed by atoms with Gasteiger partial charge in [0.05, 0.1) is 10.5 Å². The number of hydrogen-bond acceptors (Lipinski definition) is 4. The minimum absolute atomic E-state index is 0.0440. The highest BCUT2D eigenvalue weighted by Crippen LogP contribution is 2.45. The molecule has 0 saturated heterocycles. The van der Waals surface area contributed by atoms with Gasteiger partial charge in [-0.2, -0.15) is 13.2 Å². The highest BCUT2D eigenvalue weighted by Gasteiger charge is 2.31. The fraction of sp³-hybridized carbons (Fsp3) is 0.100. The molecule has 0 saturated carbocycles. The van der Waals surface area contributed by atoms with Gasteiger partial charge in [-0.1, -0.05) is 30.3 Å². The van der Waals surface area contributed by atoms with E-state index in [1.54, 1.807) is 12.1 Å². The predicted octanol–water partition coefficient (Wildman–Crippen LogP) is 4.42. The largest absolute Gasteiger partial charge is 0.454 e. The highest BCUT2D eigenvalue weighted by atomic mass is 32.2. The summed E-state index contributed by atoms with van der Waals surface area (Å²) in [6, 6.07) is 13.8. The van der Waals surface area contributed by atoms with Gasteiger partial charge in [-0.05, 0) is 47.0 Å². The molecule has 0 unspecified atom stereocenters. The van der Waals surface area contributed by atoms with Crippen LogP contribution in [0, 0.1) is 0 Å². The van der Waals surface area contributed by atoms with E-state index in [-0.39, 0.29) is 22.8 Å². The third-order valence-corrected chi connectivity index (χ3v) is 5.47. The van der Waals surface area contributed by atoms with Crippen molar-refractivity contribution in [2.75, 3.05) is 6.79 Å². The van der Waals surface area contributed by atoms with Gasteiger partial charge in [0.1, 0.15) is 0 Å². The summed E-state index contributed by atoms with van der Waals surface area (Å²) < 4.78 is 74.5. The number of primary sulfonamides is 1. The fourth-order valence-electron chi connectivity index (χ4n) is 3.20. The molecular weight excluding hydrogens is 407 g/mol. The fourth-order valence-corrected chi connectivity index (χ4v) is 3.96. The molecular formula is C20H14F3NO4S. The van der Waals surface area contributed by atoms with E-state index in [1.807, 2.05) is 0 Å². The zero-order chi connectivity index (χ0) is 20.8. The van der Waals surface area contributed by atoms with E-state index in [2.05, 4.69) is 0 Å². The molecule has 9 heteroatoms. The molecule has 0 bridgehead atoms. The van der Waals surface area contributed by atoms with Gasteiger partial charge in [-0.15, -0.1) is 0 Å². The van der Waals surface area contributed by atoms with Crippen molar-refractivity contribution in [3.8, 4) is 33.8 Å². The zero-order valence-corrected chi connectivity index (χ0v) is 15.5. The van der Waals surface area contributed by atoms with Gasteiger partial charge in [0.2, 0.25) is 16.8 Å². The Bertz CT molecular complexity index is 1210. The van der Waals surface area contributed by atoms with Gasteiger partial charge in [0.15, 0.2) is 11.5 Å². The second kappa shape index (κ2) is 6.78. The van der Waals surface area contributed by atoms with Crippen LogP contribution in [0.4, 0.5) is 13.2 Å². The molecule has 4 rings (SSSR count). The first-order valence-electron chi connectivity index (χ1n) is 8.38. The number of nitrogens with two attached hydrogens (primary N) is 1. The van der Waals surface area contributed by atoms with Crippen LogP contribution >= 0.6 is 0 Å². The summed E-state index contributed by atoms with van der Waals surface area (Å²) in [4.78, 5) is -0.146. The van der Waals surface area contributed by atoms with E-state index < -0.39 is 21.8 Å². The van der Waals surface area contributed by atoms with Crippen molar-refractivity contribution in [2.45, 2.75) is 11.1 Å². The second-order valence-electron chi connectivity index (χ2n) is 6.37. The maximum absolute atomic E-state index is 13.2. The first-order valence-corrected chi connectivity index (χ1v) is 9.93. The third kappa shape index (κ3) is 3.66. The first kappa shape index (κ1) is 19.3. The normalized spacial score (nSPS) is 13.5. The zero-order valence-electron chi connectivity index (χ0n) is 14.7. The van der Waals surface area contributed by atoms with Gasteiger partial charge >= 0.3 is 6.18 Å². The lowest BCUT2D eigenvalue weighted by Gasteiger charge is -2.15. The average molecular weight is 421 g/mol. The van der Waals surface area contributed by atoms with Crippen LogP contribution < -0.4 is 14.6 Å². The number of sulfonamides is 1. The quantitative estimate of drug-likeness (QED) is 0.679. The van der Waals surface area contributed by atoms with E-state index in [4.69, 9.17) is 14.6 Å². The predicted molar refractivity (Wildman–Crippen MR) is 99.8 cm³/mol. The minimum Gasteiger partial charge on any atom is -0.454 e. The third-order valence-electron chi connectivity index (χ3n) is 4.50. The van der Waals surface area contributed by atoms with Gasteiger partial charge in [0, 0.05) is 5.56 Å². The molecule has 0 spiro atoms. The molecule has 5 nitrogen and oxygen atoms in total. The van der Waals surface area contributed by atoms with Crippen LogP contribution in [0.1, 0.15) is 5.56 Å². The highest BCUT2D eigenvalue weighted by molar-refractivity contribution is 7.89. The molecule has 0 fully saturated rings. The summed E-state index contributed by atoms with van der Waals surface area (Å²) in [5.74, 6) is 0.717. The van der Waals surface area contributed by atoms with Crippen molar-refractivity contribution in [1.29, 1.82) is 0 Å². The Balaban J connectivity index is 2.01. The number of benzene rings is 3. The lowest BCUT2D eigenvalue weighted by molar-refractivity contribution is -0.137. The molecule has 3 aromatic carbocycles. The first-order chi connectivity index (χ1) is 13.6. The molecule has 0 aliphatic carbocycles. The van der Waals surface area contributed by atoms with Crippen LogP contribution in [0.2, 0.25) is 0 Å². The monoisotopic (exact) mass is 421 g/mol. The maximum Gasteiger partial charge on any atom is 0.416 e. The lowest BCUT2D eigenvalue weighted by atomic mass is 9.93. The molecule has 29 heavy (non-hydrogen) atoms. The van der Waals surface area contributed by atoms with Crippen molar-refractivity contribution in [1.82, 2.24) is 0 Å². The standard InChI is InChI=1S/C20H14F3NO4S/c21-20(22,23)13-5-3-4-12(8-13)15-9-17-18(28-11-27-17)10-16(15)14-6-1-2-7-19(14)29(24,25)26/h1-10H,11H2,(H2,24,25,26). The summed E-state index contributed by atoms with van der Waals surface area (Å²) in [6.07, 6.45) is -4.52. The smallest absolute Gasteiger partial charge is 0.416 e. The van der Waals surface area contributed by atoms with Gasteiger partial charge in [0.25, 0.3) is 0 Å². The van der Waals surface area contributed by atoms with Crippen LogP contribution in [0.25, 0.3) is 22.3 Å². The summed E-state index contributed by atoms with van der Waals surface area (Å²) >= 11 is 0. The summed E-state index contributed by atoms with van der Waals surface area (Å²) in [7, 11) is -4.08. The van der Waals surface area contributed by atoms with E-state index >= 15 is 0 Å². The maximum atomic E-state index is 13.2. The Labute approximate surface area is 164 Å². The molecule has 0 atom stereocenters. The van der Waals surface area contributed by atoms with Gasteiger partial charge in [-0.3, -0.25) is 0 Å². The number of halogens is 3. The summed E-state index contributed by atoms with van der Waals surface area (Å²) in [6.45, 7) is -0.0440. The molecule has 1 aliphatic rings. The van der Waals surface area contributed by atoms with E-state index in [9.17, 15) is 21.6 Å². The molecule has 2 N–H and O–H groups in total. The van der Waals surface area contributed by atoms with Crippen LogP contribution in [-0.4, -0.2) is 15.2 Å². The van der Waals surface area contributed by atoms with Crippen molar-refractivity contribution < 1.29 is 31.1 Å². The van der Waals surface area contributed by atoms with E-state index in [0.717, 1.165) is 12.1 Å². The molecule has 1 heterocycles. The molecule has 0 amide bonds. The molecule has 0 radical (unpaired) electrons. The van der Waals surface area contributed by atoms with Crippen molar-refractivity contribution in [3.05, 3.63) is 66.2 Å². The Morgan fingerprint density at radius 1 is 0.828 bits per heavy atom. The van der Waals surface area contributed by atoms with E-state index in [0.29, 0.717) is 22.6 Å². The van der Waals surface area contributed by atoms with Crippen LogP contribution in [0.3, 0.4) is 0 Å². The van der Waals surface area contributed by atoms with Crippen LogP contribution in [0.5, 0.6) is 11.5 Å². The lowest BCUT2D eigenvalue weighted by Crippen LogP contribution is -2.13. The van der Waals surface area contributed by atoms with Crippen molar-refractivity contribution >= 4 is 10.0 Å². The van der Waals surface area contributed by atoms with Crippen molar-refractivity contribution in [2.24, 2.45) is 5.14 Å². The van der Waals surface area contributed by atoms with Crippen LogP contribution in [-0.2, 0) is 16.2 Å². The average Bonchev–Trinajstić information content (AvgIpc) is 3.13. The van der Waals surface area contributed by atoms with E-state index in [1.165, 1.54) is 36.4 Å². The minimum atomic E-state index is -4.52. The Morgan fingerprint density at radius 2 is 1.48 bits per heavy atom. The second-order valence-corrected chi connectivity index (χ2v) is 7.90. The molecule has 150 valence electrons. The topological polar surface area (TPSA) is 78.6 Å². The van der Waals surface area contributed by atoms with Gasteiger partial charge < -0.3 is 9.47 Å². The number of alkyl halides is 3.